The van der Waals surface area contributed by atoms with E-state index in [0.717, 1.165) is 35.8 Å². The zero-order valence-electron chi connectivity index (χ0n) is 17.8. The SMILES string of the molecule is N#Cc1ccccc1OCCN1CCN(C(=O)c2ccccc2SCc2ccsc2)CC1. The second-order valence-electron chi connectivity index (χ2n) is 7.51. The van der Waals surface area contributed by atoms with Gasteiger partial charge in [0.05, 0.1) is 11.1 Å². The summed E-state index contributed by atoms with van der Waals surface area (Å²) in [5.41, 5.74) is 2.63. The first-order valence-electron chi connectivity index (χ1n) is 10.6. The zero-order chi connectivity index (χ0) is 22.2. The predicted octanol–water partition coefficient (Wildman–Crippen LogP) is 4.75. The summed E-state index contributed by atoms with van der Waals surface area (Å²) in [6.45, 7) is 4.34. The fourth-order valence-electron chi connectivity index (χ4n) is 3.62. The molecule has 7 heteroatoms. The molecule has 164 valence electrons. The number of nitriles is 1. The van der Waals surface area contributed by atoms with E-state index >= 15 is 0 Å². The van der Waals surface area contributed by atoms with E-state index in [0.29, 0.717) is 31.0 Å². The Bertz CT molecular complexity index is 1070. The minimum Gasteiger partial charge on any atom is -0.491 e. The van der Waals surface area contributed by atoms with Gasteiger partial charge in [-0.25, -0.2) is 0 Å². The van der Waals surface area contributed by atoms with Gasteiger partial charge in [-0.15, -0.1) is 11.8 Å². The van der Waals surface area contributed by atoms with Gasteiger partial charge in [-0.2, -0.15) is 16.6 Å². The van der Waals surface area contributed by atoms with E-state index in [1.54, 1.807) is 29.2 Å². The molecule has 1 aromatic heterocycles. The van der Waals surface area contributed by atoms with Gasteiger partial charge in [0.1, 0.15) is 18.4 Å². The number of para-hydroxylation sites is 1. The minimum absolute atomic E-state index is 0.109. The van der Waals surface area contributed by atoms with Crippen LogP contribution in [0.4, 0.5) is 0 Å². The average molecular weight is 464 g/mol. The number of hydrogen-bond donors (Lipinski definition) is 0. The number of thioether (sulfide) groups is 1. The third-order valence-electron chi connectivity index (χ3n) is 5.42. The maximum absolute atomic E-state index is 13.2. The van der Waals surface area contributed by atoms with Crippen LogP contribution >= 0.6 is 23.1 Å². The highest BCUT2D eigenvalue weighted by molar-refractivity contribution is 7.98. The number of thiophene rings is 1. The summed E-state index contributed by atoms with van der Waals surface area (Å²) < 4.78 is 5.80. The number of benzene rings is 2. The number of amides is 1. The Hall–Kier alpha value is -2.79. The normalized spacial score (nSPS) is 14.2. The Morgan fingerprint density at radius 1 is 1.06 bits per heavy atom. The molecule has 1 aliphatic rings. The lowest BCUT2D eigenvalue weighted by Crippen LogP contribution is -2.49. The van der Waals surface area contributed by atoms with Crippen LogP contribution < -0.4 is 4.74 Å². The standard InChI is InChI=1S/C25H25N3O2S2/c26-17-21-5-1-3-7-23(21)30-15-14-27-10-12-28(13-11-27)25(29)22-6-2-4-8-24(22)32-19-20-9-16-31-18-20/h1-9,16,18H,10-15,19H2. The molecule has 0 unspecified atom stereocenters. The minimum atomic E-state index is 0.109. The molecule has 1 saturated heterocycles. The monoisotopic (exact) mass is 463 g/mol. The molecule has 2 aromatic carbocycles. The number of rotatable bonds is 8. The van der Waals surface area contributed by atoms with Crippen LogP contribution in [0.1, 0.15) is 21.5 Å². The molecule has 0 bridgehead atoms. The van der Waals surface area contributed by atoms with Gasteiger partial charge in [0, 0.05) is 43.4 Å². The van der Waals surface area contributed by atoms with Crippen molar-refractivity contribution in [3.63, 3.8) is 0 Å². The van der Waals surface area contributed by atoms with E-state index < -0.39 is 0 Å². The number of carbonyl (C=O) groups excluding carboxylic acids is 1. The van der Waals surface area contributed by atoms with Gasteiger partial charge in [-0.3, -0.25) is 9.69 Å². The quantitative estimate of drug-likeness (QED) is 0.451. The van der Waals surface area contributed by atoms with Gasteiger partial charge in [0.2, 0.25) is 0 Å². The van der Waals surface area contributed by atoms with E-state index in [2.05, 4.69) is 27.8 Å². The van der Waals surface area contributed by atoms with Gasteiger partial charge in [0.15, 0.2) is 0 Å². The second kappa shape index (κ2) is 11.2. The lowest BCUT2D eigenvalue weighted by Gasteiger charge is -2.35. The van der Waals surface area contributed by atoms with E-state index in [1.807, 2.05) is 47.4 Å². The summed E-state index contributed by atoms with van der Waals surface area (Å²) >= 11 is 3.42. The summed E-state index contributed by atoms with van der Waals surface area (Å²) in [5.74, 6) is 1.61. The van der Waals surface area contributed by atoms with Crippen molar-refractivity contribution in [3.05, 3.63) is 82.0 Å². The van der Waals surface area contributed by atoms with E-state index in [4.69, 9.17) is 10.00 Å². The summed E-state index contributed by atoms with van der Waals surface area (Å²) in [5, 5.41) is 13.4. The van der Waals surface area contributed by atoms with Gasteiger partial charge in [0.25, 0.3) is 5.91 Å². The number of nitrogens with zero attached hydrogens (tertiary/aromatic N) is 3. The van der Waals surface area contributed by atoms with Crippen molar-refractivity contribution < 1.29 is 9.53 Å². The van der Waals surface area contributed by atoms with Crippen molar-refractivity contribution in [2.45, 2.75) is 10.6 Å². The van der Waals surface area contributed by atoms with Crippen molar-refractivity contribution in [2.75, 3.05) is 39.3 Å². The molecule has 32 heavy (non-hydrogen) atoms. The summed E-state index contributed by atoms with van der Waals surface area (Å²) in [4.78, 5) is 18.5. The first-order valence-corrected chi connectivity index (χ1v) is 12.5. The number of hydrogen-bond acceptors (Lipinski definition) is 6. The molecular formula is C25H25N3O2S2. The molecular weight excluding hydrogens is 438 g/mol. The molecule has 2 heterocycles. The van der Waals surface area contributed by atoms with Crippen molar-refractivity contribution in [3.8, 4) is 11.8 Å². The topological polar surface area (TPSA) is 56.6 Å². The zero-order valence-corrected chi connectivity index (χ0v) is 19.4. The van der Waals surface area contributed by atoms with Gasteiger partial charge in [-0.05, 0) is 46.7 Å². The van der Waals surface area contributed by atoms with E-state index in [1.165, 1.54) is 5.56 Å². The first-order chi connectivity index (χ1) is 15.7. The number of piperazine rings is 1. The Kier molecular flexibility index (Phi) is 7.83. The van der Waals surface area contributed by atoms with Crippen molar-refractivity contribution in [1.29, 1.82) is 5.26 Å². The van der Waals surface area contributed by atoms with Crippen LogP contribution in [-0.4, -0.2) is 55.0 Å². The molecule has 5 nitrogen and oxygen atoms in total. The van der Waals surface area contributed by atoms with Crippen LogP contribution in [0.5, 0.6) is 5.75 Å². The van der Waals surface area contributed by atoms with Crippen molar-refractivity contribution in [1.82, 2.24) is 9.80 Å². The first kappa shape index (κ1) is 22.4. The van der Waals surface area contributed by atoms with Crippen LogP contribution in [0.15, 0.2) is 70.3 Å². The fraction of sp³-hybridized carbons (Fsp3) is 0.280. The van der Waals surface area contributed by atoms with Crippen LogP contribution in [0.2, 0.25) is 0 Å². The van der Waals surface area contributed by atoms with Crippen LogP contribution in [0, 0.1) is 11.3 Å². The van der Waals surface area contributed by atoms with E-state index in [-0.39, 0.29) is 5.91 Å². The highest BCUT2D eigenvalue weighted by Gasteiger charge is 2.23. The molecule has 0 saturated carbocycles. The molecule has 1 fully saturated rings. The number of carbonyl (C=O) groups is 1. The van der Waals surface area contributed by atoms with Crippen LogP contribution in [-0.2, 0) is 5.75 Å². The predicted molar refractivity (Wildman–Crippen MR) is 129 cm³/mol. The van der Waals surface area contributed by atoms with E-state index in [9.17, 15) is 4.79 Å². The smallest absolute Gasteiger partial charge is 0.255 e. The summed E-state index contributed by atoms with van der Waals surface area (Å²) in [7, 11) is 0. The third kappa shape index (κ3) is 5.71. The number of ether oxygens (including phenoxy) is 1. The molecule has 4 rings (SSSR count). The fourth-order valence-corrected chi connectivity index (χ4v) is 5.38. The van der Waals surface area contributed by atoms with Crippen molar-refractivity contribution in [2.24, 2.45) is 0 Å². The summed E-state index contributed by atoms with van der Waals surface area (Å²) in [6, 6.07) is 19.5. The van der Waals surface area contributed by atoms with Crippen LogP contribution in [0.25, 0.3) is 0 Å². The van der Waals surface area contributed by atoms with Gasteiger partial charge >= 0.3 is 0 Å². The van der Waals surface area contributed by atoms with Crippen LogP contribution in [0.3, 0.4) is 0 Å². The Balaban J connectivity index is 1.27. The molecule has 1 aliphatic heterocycles. The molecule has 1 amide bonds. The molecule has 0 spiro atoms. The lowest BCUT2D eigenvalue weighted by molar-refractivity contribution is 0.0617. The Morgan fingerprint density at radius 2 is 1.84 bits per heavy atom. The largest absolute Gasteiger partial charge is 0.491 e. The summed E-state index contributed by atoms with van der Waals surface area (Å²) in [6.07, 6.45) is 0. The average Bonchev–Trinajstić information content (AvgIpc) is 3.37. The highest BCUT2D eigenvalue weighted by atomic mass is 32.2. The lowest BCUT2D eigenvalue weighted by atomic mass is 10.2. The second-order valence-corrected chi connectivity index (χ2v) is 9.30. The maximum atomic E-state index is 13.2. The molecule has 0 radical (unpaired) electrons. The Morgan fingerprint density at radius 3 is 2.62 bits per heavy atom. The molecule has 0 N–H and O–H groups in total. The molecule has 3 aromatic rings. The van der Waals surface area contributed by atoms with Crippen molar-refractivity contribution >= 4 is 29.0 Å². The molecule has 0 atom stereocenters. The Labute approximate surface area is 197 Å². The third-order valence-corrected chi connectivity index (χ3v) is 7.30. The molecule has 0 aliphatic carbocycles. The van der Waals surface area contributed by atoms with Gasteiger partial charge in [-0.1, -0.05) is 24.3 Å². The highest BCUT2D eigenvalue weighted by Crippen LogP contribution is 2.28. The maximum Gasteiger partial charge on any atom is 0.255 e. The van der Waals surface area contributed by atoms with Gasteiger partial charge < -0.3 is 9.64 Å².